The zero-order valence-electron chi connectivity index (χ0n) is 21.2. The number of hydrogen-bond donors (Lipinski definition) is 3. The third kappa shape index (κ3) is 4.97. The number of nitrogens with zero attached hydrogens (tertiary/aromatic N) is 5. The standard InChI is InChI=1S/C26H29F3N8OS/c27-26(28,29)19-12-32-25(33-21(19)20-11-17-23(38)30-7-8-31-24(17)39-20)34-22-18(14-1-2-14)13-37(35-22)16-5-9-36(10-6-16)15-3-4-15/h11-16,31H,1-10H2,(H,30,38)(H,32,33,34,35). The second-order valence-corrected chi connectivity index (χ2v) is 11.9. The maximum absolute atomic E-state index is 14.0. The predicted octanol–water partition coefficient (Wildman–Crippen LogP) is 5.00. The fourth-order valence-electron chi connectivity index (χ4n) is 5.54. The Labute approximate surface area is 227 Å². The second kappa shape index (κ2) is 9.47. The molecule has 13 heteroatoms. The van der Waals surface area contributed by atoms with Crippen LogP contribution in [0.3, 0.4) is 0 Å². The molecule has 0 radical (unpaired) electrons. The summed E-state index contributed by atoms with van der Waals surface area (Å²) in [6.07, 6.45) is 5.07. The minimum atomic E-state index is -4.65. The van der Waals surface area contributed by atoms with Crippen molar-refractivity contribution in [1.29, 1.82) is 0 Å². The normalized spacial score (nSPS) is 20.7. The Hall–Kier alpha value is -3.19. The number of carbonyl (C=O) groups is 1. The number of fused-ring (bicyclic) bond motifs is 1. The van der Waals surface area contributed by atoms with Gasteiger partial charge in [-0.2, -0.15) is 18.3 Å². The minimum absolute atomic E-state index is 0.0507. The molecule has 3 N–H and O–H groups in total. The molecular formula is C26H29F3N8OS. The van der Waals surface area contributed by atoms with Crippen molar-refractivity contribution in [3.8, 4) is 10.6 Å². The summed E-state index contributed by atoms with van der Waals surface area (Å²) in [6.45, 7) is 3.08. The van der Waals surface area contributed by atoms with Crippen molar-refractivity contribution < 1.29 is 18.0 Å². The van der Waals surface area contributed by atoms with Crippen molar-refractivity contribution in [2.24, 2.45) is 0 Å². The van der Waals surface area contributed by atoms with Gasteiger partial charge in [0, 0.05) is 50.2 Å². The highest BCUT2D eigenvalue weighted by atomic mass is 32.1. The van der Waals surface area contributed by atoms with Gasteiger partial charge in [0.2, 0.25) is 5.95 Å². The van der Waals surface area contributed by atoms with Crippen LogP contribution in [-0.4, -0.2) is 62.8 Å². The lowest BCUT2D eigenvalue weighted by atomic mass is 10.1. The van der Waals surface area contributed by atoms with Gasteiger partial charge in [0.25, 0.3) is 5.91 Å². The molecular weight excluding hydrogens is 529 g/mol. The second-order valence-electron chi connectivity index (χ2n) is 10.8. The maximum atomic E-state index is 14.0. The lowest BCUT2D eigenvalue weighted by Gasteiger charge is -2.32. The number of carbonyl (C=O) groups excluding carboxylic acids is 1. The van der Waals surface area contributed by atoms with Crippen LogP contribution >= 0.6 is 11.3 Å². The molecule has 1 amide bonds. The molecule has 0 unspecified atom stereocenters. The van der Waals surface area contributed by atoms with E-state index in [1.54, 1.807) is 0 Å². The Bertz CT molecular complexity index is 1400. The van der Waals surface area contributed by atoms with Gasteiger partial charge in [-0.05, 0) is 50.5 Å². The highest BCUT2D eigenvalue weighted by Crippen LogP contribution is 2.45. The van der Waals surface area contributed by atoms with Crippen molar-refractivity contribution in [2.75, 3.05) is 36.8 Å². The summed E-state index contributed by atoms with van der Waals surface area (Å²) >= 11 is 1.08. The van der Waals surface area contributed by atoms with E-state index in [4.69, 9.17) is 5.10 Å². The molecule has 39 heavy (non-hydrogen) atoms. The Kier molecular flexibility index (Phi) is 6.03. The zero-order valence-corrected chi connectivity index (χ0v) is 22.0. The molecule has 4 aliphatic rings. The number of anilines is 3. The third-order valence-corrected chi connectivity index (χ3v) is 9.04. The van der Waals surface area contributed by atoms with Gasteiger partial charge in [0.05, 0.1) is 22.2 Å². The molecule has 0 atom stereocenters. The summed E-state index contributed by atoms with van der Waals surface area (Å²) in [5, 5.41) is 14.4. The number of nitrogens with one attached hydrogen (secondary N) is 3. The molecule has 0 bridgehead atoms. The number of amides is 1. The lowest BCUT2D eigenvalue weighted by molar-refractivity contribution is -0.137. The average molecular weight is 559 g/mol. The smallest absolute Gasteiger partial charge is 0.374 e. The van der Waals surface area contributed by atoms with Crippen molar-refractivity contribution >= 4 is 34.0 Å². The topological polar surface area (TPSA) is 100 Å². The first-order valence-corrected chi connectivity index (χ1v) is 14.4. The van der Waals surface area contributed by atoms with Crippen LogP contribution in [0.25, 0.3) is 10.6 Å². The van der Waals surface area contributed by atoms with E-state index in [2.05, 4.69) is 37.0 Å². The first kappa shape index (κ1) is 24.8. The number of likely N-dealkylation sites (tertiary alicyclic amines) is 1. The van der Waals surface area contributed by atoms with E-state index >= 15 is 0 Å². The number of halogens is 3. The Balaban J connectivity index is 1.19. The van der Waals surface area contributed by atoms with Gasteiger partial charge in [0.15, 0.2) is 5.82 Å². The molecule has 0 aromatic carbocycles. The number of piperidine rings is 1. The summed E-state index contributed by atoms with van der Waals surface area (Å²) in [6, 6.07) is 2.53. The van der Waals surface area contributed by atoms with E-state index in [-0.39, 0.29) is 22.4 Å². The van der Waals surface area contributed by atoms with Gasteiger partial charge in [-0.1, -0.05) is 0 Å². The SMILES string of the molecule is O=C1NCCNc2sc(-c3nc(Nc4nn(C5CCN(C6CC6)CC5)cc4C4CC4)ncc3C(F)(F)F)cc21. The summed E-state index contributed by atoms with van der Waals surface area (Å²) < 4.78 is 44.0. The molecule has 2 aliphatic heterocycles. The molecule has 2 saturated carbocycles. The van der Waals surface area contributed by atoms with E-state index in [9.17, 15) is 18.0 Å². The molecule has 3 aromatic rings. The molecule has 7 rings (SSSR count). The molecule has 9 nitrogen and oxygen atoms in total. The van der Waals surface area contributed by atoms with Crippen LogP contribution in [0.15, 0.2) is 18.5 Å². The van der Waals surface area contributed by atoms with Crippen molar-refractivity contribution in [1.82, 2.24) is 30.0 Å². The van der Waals surface area contributed by atoms with Gasteiger partial charge in [-0.25, -0.2) is 9.97 Å². The third-order valence-electron chi connectivity index (χ3n) is 7.94. The van der Waals surface area contributed by atoms with Crippen molar-refractivity contribution in [2.45, 2.75) is 62.7 Å². The first-order chi connectivity index (χ1) is 18.8. The number of hydrogen-bond acceptors (Lipinski definition) is 8. The van der Waals surface area contributed by atoms with E-state index in [0.29, 0.717) is 41.4 Å². The van der Waals surface area contributed by atoms with E-state index < -0.39 is 11.7 Å². The highest BCUT2D eigenvalue weighted by Gasteiger charge is 2.37. The Morgan fingerprint density at radius 2 is 1.79 bits per heavy atom. The lowest BCUT2D eigenvalue weighted by Crippen LogP contribution is -2.36. The summed E-state index contributed by atoms with van der Waals surface area (Å²) in [7, 11) is 0. The van der Waals surface area contributed by atoms with Crippen LogP contribution in [0.5, 0.6) is 0 Å². The number of alkyl halides is 3. The van der Waals surface area contributed by atoms with Crippen LogP contribution in [-0.2, 0) is 6.18 Å². The number of aromatic nitrogens is 4. The van der Waals surface area contributed by atoms with Crippen LogP contribution in [0.1, 0.15) is 72.0 Å². The molecule has 1 saturated heterocycles. The van der Waals surface area contributed by atoms with Gasteiger partial charge in [-0.15, -0.1) is 11.3 Å². The molecule has 5 heterocycles. The Morgan fingerprint density at radius 1 is 1.03 bits per heavy atom. The molecule has 0 spiro atoms. The van der Waals surface area contributed by atoms with Crippen LogP contribution in [0.4, 0.5) is 29.9 Å². The monoisotopic (exact) mass is 558 g/mol. The largest absolute Gasteiger partial charge is 0.420 e. The van der Waals surface area contributed by atoms with Crippen LogP contribution in [0, 0.1) is 0 Å². The molecule has 206 valence electrons. The predicted molar refractivity (Wildman–Crippen MR) is 142 cm³/mol. The highest BCUT2D eigenvalue weighted by molar-refractivity contribution is 7.19. The molecule has 3 aromatic heterocycles. The summed E-state index contributed by atoms with van der Waals surface area (Å²) in [5.41, 5.74) is 0.178. The van der Waals surface area contributed by atoms with E-state index in [1.165, 1.54) is 18.9 Å². The van der Waals surface area contributed by atoms with Gasteiger partial charge in [-0.3, -0.25) is 9.48 Å². The maximum Gasteiger partial charge on any atom is 0.420 e. The zero-order chi connectivity index (χ0) is 26.7. The van der Waals surface area contributed by atoms with E-state index in [1.807, 2.05) is 4.68 Å². The number of rotatable bonds is 6. The van der Waals surface area contributed by atoms with Crippen molar-refractivity contribution in [3.05, 3.63) is 35.2 Å². The van der Waals surface area contributed by atoms with Crippen LogP contribution in [0.2, 0.25) is 0 Å². The first-order valence-electron chi connectivity index (χ1n) is 13.5. The quantitative estimate of drug-likeness (QED) is 0.392. The fraction of sp³-hybridized carbons (Fsp3) is 0.538. The minimum Gasteiger partial charge on any atom is -0.374 e. The van der Waals surface area contributed by atoms with Gasteiger partial charge >= 0.3 is 6.18 Å². The number of thiophene rings is 1. The molecule has 2 aliphatic carbocycles. The van der Waals surface area contributed by atoms with E-state index in [0.717, 1.165) is 67.9 Å². The van der Waals surface area contributed by atoms with Crippen molar-refractivity contribution in [3.63, 3.8) is 0 Å². The van der Waals surface area contributed by atoms with Gasteiger partial charge < -0.3 is 20.9 Å². The average Bonchev–Trinajstić information content (AvgIpc) is 3.86. The fourth-order valence-corrected chi connectivity index (χ4v) is 6.62. The summed E-state index contributed by atoms with van der Waals surface area (Å²) in [4.78, 5) is 23.6. The van der Waals surface area contributed by atoms with Crippen LogP contribution < -0.4 is 16.0 Å². The Morgan fingerprint density at radius 3 is 2.51 bits per heavy atom. The summed E-state index contributed by atoms with van der Waals surface area (Å²) in [5.74, 6) is 0.728. The molecule has 3 fully saturated rings. The van der Waals surface area contributed by atoms with Gasteiger partial charge in [0.1, 0.15) is 10.6 Å².